The number of carbonyl (C=O) groups is 2. The van der Waals surface area contributed by atoms with Crippen LogP contribution in [0, 0.1) is 0 Å². The van der Waals surface area contributed by atoms with Crippen molar-refractivity contribution in [1.29, 1.82) is 0 Å². The molecule has 0 aromatic heterocycles. The Bertz CT molecular complexity index is 931. The van der Waals surface area contributed by atoms with Gasteiger partial charge in [0.1, 0.15) is 0 Å². The highest BCUT2D eigenvalue weighted by atomic mass is 16.5. The topological polar surface area (TPSA) is 80.3 Å². The van der Waals surface area contributed by atoms with Gasteiger partial charge in [0.25, 0.3) is 5.91 Å². The third-order valence-electron chi connectivity index (χ3n) is 5.60. The Kier molecular flexibility index (Phi) is 7.81. The Morgan fingerprint density at radius 1 is 1.00 bits per heavy atom. The largest absolute Gasteiger partial charge is 0.493 e. The first-order chi connectivity index (χ1) is 15.5. The highest BCUT2D eigenvalue weighted by molar-refractivity contribution is 5.97. The minimum atomic E-state index is -0.400. The van der Waals surface area contributed by atoms with Gasteiger partial charge in [0.2, 0.25) is 11.7 Å². The van der Waals surface area contributed by atoms with Gasteiger partial charge in [-0.2, -0.15) is 0 Å². The van der Waals surface area contributed by atoms with Gasteiger partial charge in [0, 0.05) is 37.9 Å². The number of hydrogen-bond acceptors (Lipinski definition) is 6. The van der Waals surface area contributed by atoms with Gasteiger partial charge in [-0.1, -0.05) is 18.2 Å². The number of methoxy groups -OCH3 is 3. The molecule has 1 saturated heterocycles. The third-order valence-corrected chi connectivity index (χ3v) is 5.60. The SMILES string of the molecule is COc1cc(C(=O)NCC(=O)N(C)Cc2ccccc2N2CCCC2)cc(OC)c1OC. The van der Waals surface area contributed by atoms with Crippen LogP contribution in [0.2, 0.25) is 0 Å². The van der Waals surface area contributed by atoms with E-state index in [1.54, 1.807) is 24.1 Å². The van der Waals surface area contributed by atoms with Crippen molar-refractivity contribution in [3.8, 4) is 17.2 Å². The van der Waals surface area contributed by atoms with Crippen LogP contribution in [0.1, 0.15) is 28.8 Å². The number of para-hydroxylation sites is 1. The number of benzene rings is 2. The van der Waals surface area contributed by atoms with Gasteiger partial charge < -0.3 is 29.3 Å². The first-order valence-electron chi connectivity index (χ1n) is 10.6. The summed E-state index contributed by atoms with van der Waals surface area (Å²) >= 11 is 0. The van der Waals surface area contributed by atoms with E-state index in [-0.39, 0.29) is 12.5 Å². The van der Waals surface area contributed by atoms with Gasteiger partial charge in [-0.3, -0.25) is 9.59 Å². The summed E-state index contributed by atoms with van der Waals surface area (Å²) in [5.74, 6) is 0.572. The molecule has 1 aliphatic heterocycles. The van der Waals surface area contributed by atoms with Crippen LogP contribution in [0.25, 0.3) is 0 Å². The summed E-state index contributed by atoms with van der Waals surface area (Å²) in [5, 5.41) is 2.68. The Morgan fingerprint density at radius 3 is 2.22 bits per heavy atom. The second-order valence-electron chi connectivity index (χ2n) is 7.67. The monoisotopic (exact) mass is 441 g/mol. The normalized spacial score (nSPS) is 12.9. The Balaban J connectivity index is 1.63. The maximum atomic E-state index is 12.7. The first kappa shape index (κ1) is 23.2. The van der Waals surface area contributed by atoms with Crippen molar-refractivity contribution in [2.45, 2.75) is 19.4 Å². The van der Waals surface area contributed by atoms with E-state index in [4.69, 9.17) is 14.2 Å². The molecule has 0 aliphatic carbocycles. The van der Waals surface area contributed by atoms with Gasteiger partial charge >= 0.3 is 0 Å². The molecule has 0 atom stereocenters. The van der Waals surface area contributed by atoms with E-state index in [1.165, 1.54) is 39.9 Å². The van der Waals surface area contributed by atoms with Crippen molar-refractivity contribution in [3.63, 3.8) is 0 Å². The molecule has 32 heavy (non-hydrogen) atoms. The summed E-state index contributed by atoms with van der Waals surface area (Å²) in [7, 11) is 6.21. The molecule has 8 nitrogen and oxygen atoms in total. The predicted octanol–water partition coefficient (Wildman–Crippen LogP) is 2.70. The predicted molar refractivity (Wildman–Crippen MR) is 123 cm³/mol. The minimum absolute atomic E-state index is 0.113. The third kappa shape index (κ3) is 5.25. The fourth-order valence-electron chi connectivity index (χ4n) is 3.86. The molecule has 2 aromatic carbocycles. The molecule has 1 aliphatic rings. The number of nitrogens with one attached hydrogen (secondary N) is 1. The van der Waals surface area contributed by atoms with Crippen LogP contribution in [-0.4, -0.2) is 64.7 Å². The summed E-state index contributed by atoms with van der Waals surface area (Å²) < 4.78 is 15.9. The van der Waals surface area contributed by atoms with Crippen LogP contribution >= 0.6 is 0 Å². The van der Waals surface area contributed by atoms with Crippen LogP contribution in [0.4, 0.5) is 5.69 Å². The summed E-state index contributed by atoms with van der Waals surface area (Å²) in [6.45, 7) is 2.45. The van der Waals surface area contributed by atoms with Crippen LogP contribution < -0.4 is 24.4 Å². The number of likely N-dealkylation sites (N-methyl/N-ethyl adjacent to an activating group) is 1. The first-order valence-corrected chi connectivity index (χ1v) is 10.6. The van der Waals surface area contributed by atoms with E-state index in [0.717, 1.165) is 18.7 Å². The smallest absolute Gasteiger partial charge is 0.251 e. The highest BCUT2D eigenvalue weighted by Gasteiger charge is 2.20. The molecule has 0 spiro atoms. The second-order valence-corrected chi connectivity index (χ2v) is 7.67. The summed E-state index contributed by atoms with van der Waals surface area (Å²) in [4.78, 5) is 29.3. The zero-order valence-electron chi connectivity index (χ0n) is 19.1. The lowest BCUT2D eigenvalue weighted by Crippen LogP contribution is -2.38. The number of nitrogens with zero attached hydrogens (tertiary/aromatic N) is 2. The lowest BCUT2D eigenvalue weighted by molar-refractivity contribution is -0.129. The number of hydrogen-bond donors (Lipinski definition) is 1. The molecule has 0 radical (unpaired) electrons. The molecule has 1 heterocycles. The van der Waals surface area contributed by atoms with Crippen molar-refractivity contribution >= 4 is 17.5 Å². The zero-order valence-corrected chi connectivity index (χ0v) is 19.1. The van der Waals surface area contributed by atoms with Crippen molar-refractivity contribution < 1.29 is 23.8 Å². The summed E-state index contributed by atoms with van der Waals surface area (Å²) in [6.07, 6.45) is 2.38. The zero-order chi connectivity index (χ0) is 23.1. The quantitative estimate of drug-likeness (QED) is 0.645. The molecule has 3 rings (SSSR count). The average Bonchev–Trinajstić information content (AvgIpc) is 3.36. The molecular formula is C24H31N3O5. The molecule has 1 N–H and O–H groups in total. The maximum absolute atomic E-state index is 12.7. The van der Waals surface area contributed by atoms with Crippen molar-refractivity contribution in [2.24, 2.45) is 0 Å². The number of ether oxygens (including phenoxy) is 3. The van der Waals surface area contributed by atoms with Crippen molar-refractivity contribution in [1.82, 2.24) is 10.2 Å². The molecular weight excluding hydrogens is 410 g/mol. The number of rotatable bonds is 9. The van der Waals surface area contributed by atoms with Gasteiger partial charge in [0.05, 0.1) is 27.9 Å². The van der Waals surface area contributed by atoms with E-state index < -0.39 is 5.91 Å². The van der Waals surface area contributed by atoms with Gasteiger partial charge in [0.15, 0.2) is 11.5 Å². The minimum Gasteiger partial charge on any atom is -0.493 e. The molecule has 0 saturated carbocycles. The lowest BCUT2D eigenvalue weighted by Gasteiger charge is -2.24. The van der Waals surface area contributed by atoms with Gasteiger partial charge in [-0.15, -0.1) is 0 Å². The van der Waals surface area contributed by atoms with Crippen LogP contribution in [0.15, 0.2) is 36.4 Å². The maximum Gasteiger partial charge on any atom is 0.251 e. The second kappa shape index (κ2) is 10.7. The Hall–Kier alpha value is -3.42. The summed E-state index contributed by atoms with van der Waals surface area (Å²) in [6, 6.07) is 11.3. The Morgan fingerprint density at radius 2 is 1.62 bits per heavy atom. The molecule has 2 amide bonds. The standard InChI is InChI=1S/C24H31N3O5/c1-26(16-17-9-5-6-10-19(17)27-11-7-8-12-27)22(28)15-25-24(29)18-13-20(30-2)23(32-4)21(14-18)31-3/h5-6,9-10,13-14H,7-8,11-12,15-16H2,1-4H3,(H,25,29). The summed E-state index contributed by atoms with van der Waals surface area (Å²) in [5.41, 5.74) is 2.58. The average molecular weight is 442 g/mol. The molecule has 8 heteroatoms. The van der Waals surface area contributed by atoms with E-state index in [2.05, 4.69) is 16.3 Å². The van der Waals surface area contributed by atoms with Gasteiger partial charge in [-0.25, -0.2) is 0 Å². The number of amides is 2. The molecule has 0 unspecified atom stereocenters. The fraction of sp³-hybridized carbons (Fsp3) is 0.417. The van der Waals surface area contributed by atoms with E-state index in [1.807, 2.05) is 18.2 Å². The molecule has 172 valence electrons. The van der Waals surface area contributed by atoms with E-state index in [9.17, 15) is 9.59 Å². The van der Waals surface area contributed by atoms with Gasteiger partial charge in [-0.05, 0) is 36.6 Å². The number of anilines is 1. The van der Waals surface area contributed by atoms with Crippen LogP contribution in [0.5, 0.6) is 17.2 Å². The van der Waals surface area contributed by atoms with E-state index in [0.29, 0.717) is 29.4 Å². The van der Waals surface area contributed by atoms with Crippen molar-refractivity contribution in [2.75, 3.05) is 52.9 Å². The molecule has 1 fully saturated rings. The lowest BCUT2D eigenvalue weighted by atomic mass is 10.1. The van der Waals surface area contributed by atoms with Crippen LogP contribution in [-0.2, 0) is 11.3 Å². The van der Waals surface area contributed by atoms with Crippen molar-refractivity contribution in [3.05, 3.63) is 47.5 Å². The fourth-order valence-corrected chi connectivity index (χ4v) is 3.86. The number of carbonyl (C=O) groups excluding carboxylic acids is 2. The molecule has 2 aromatic rings. The van der Waals surface area contributed by atoms with Crippen LogP contribution in [0.3, 0.4) is 0 Å². The van der Waals surface area contributed by atoms with E-state index >= 15 is 0 Å². The Labute approximate surface area is 189 Å². The highest BCUT2D eigenvalue weighted by Crippen LogP contribution is 2.38. The molecule has 0 bridgehead atoms.